The zero-order chi connectivity index (χ0) is 27.5. The quantitative estimate of drug-likeness (QED) is 0.331. The smallest absolute Gasteiger partial charge is 0.417 e. The molecule has 0 amide bonds. The number of aryl methyl sites for hydroxylation is 1. The van der Waals surface area contributed by atoms with Gasteiger partial charge in [-0.05, 0) is 18.9 Å². The number of methoxy groups -OCH3 is 1. The number of nitrogens with one attached hydrogen (secondary N) is 1. The molecule has 1 aliphatic carbocycles. The Morgan fingerprint density at radius 1 is 1.18 bits per heavy atom. The van der Waals surface area contributed by atoms with Gasteiger partial charge in [0.25, 0.3) is 5.56 Å². The second-order valence-corrected chi connectivity index (χ2v) is 9.03. The molecule has 202 valence electrons. The number of anilines is 2. The summed E-state index contributed by atoms with van der Waals surface area (Å²) in [6.07, 6.45) is 3.65. The van der Waals surface area contributed by atoms with Crippen molar-refractivity contribution in [2.45, 2.75) is 31.2 Å². The van der Waals surface area contributed by atoms with Crippen LogP contribution in [0, 0.1) is 0 Å². The van der Waals surface area contributed by atoms with Crippen molar-refractivity contribution in [1.29, 1.82) is 0 Å². The molecule has 2 N–H and O–H groups in total. The first-order valence-corrected chi connectivity index (χ1v) is 11.8. The van der Waals surface area contributed by atoms with Crippen LogP contribution in [-0.2, 0) is 13.2 Å². The number of hydrogen-bond acceptors (Lipinski definition) is 9. The number of imidazole rings is 1. The Balaban J connectivity index is 1.41. The zero-order valence-electron chi connectivity index (χ0n) is 20.5. The molecule has 0 spiro atoms. The number of nitrogens with zero attached hydrogens (tertiary/aromatic N) is 7. The third kappa shape index (κ3) is 4.10. The maximum absolute atomic E-state index is 13.7. The summed E-state index contributed by atoms with van der Waals surface area (Å²) < 4.78 is 56.6. The minimum Gasteiger partial charge on any atom is -0.491 e. The van der Waals surface area contributed by atoms with E-state index >= 15 is 0 Å². The van der Waals surface area contributed by atoms with Gasteiger partial charge >= 0.3 is 6.18 Å². The van der Waals surface area contributed by atoms with Crippen LogP contribution in [0.1, 0.15) is 24.4 Å². The van der Waals surface area contributed by atoms with Crippen LogP contribution in [-0.4, -0.2) is 52.0 Å². The Labute approximate surface area is 217 Å². The van der Waals surface area contributed by atoms with Gasteiger partial charge in [-0.3, -0.25) is 9.78 Å². The highest BCUT2D eigenvalue weighted by Crippen LogP contribution is 2.39. The van der Waals surface area contributed by atoms with Crippen LogP contribution in [0.5, 0.6) is 17.2 Å². The van der Waals surface area contributed by atoms with Gasteiger partial charge in [0.05, 0.1) is 43.4 Å². The standard InChI is InChI=1S/C24H21F3N8O4/c1-33-19-20(38-2)18(39-17-10-30-35-6-5-28-8-15(17)35)9-29-21(19)32-23(33)31-13-7-12(24(25,26)27)11-34(22(13)37)14-3-4-16(14)36/h5-11,14,16,36H,3-4H2,1-2H3,(H,29,31,32)/t14-,16-/m1/s1. The Bertz CT molecular complexity index is 1780. The van der Waals surface area contributed by atoms with Crippen LogP contribution < -0.4 is 20.3 Å². The molecule has 12 nitrogen and oxygen atoms in total. The van der Waals surface area contributed by atoms with Gasteiger partial charge in [0, 0.05) is 25.6 Å². The Kier molecular flexibility index (Phi) is 5.67. The van der Waals surface area contributed by atoms with Gasteiger partial charge in [0.15, 0.2) is 22.9 Å². The van der Waals surface area contributed by atoms with Crippen molar-refractivity contribution in [2.24, 2.45) is 7.05 Å². The van der Waals surface area contributed by atoms with Crippen LogP contribution in [0.3, 0.4) is 0 Å². The lowest BCUT2D eigenvalue weighted by Crippen LogP contribution is -2.40. The van der Waals surface area contributed by atoms with E-state index in [9.17, 15) is 23.1 Å². The first kappa shape index (κ1) is 24.7. The summed E-state index contributed by atoms with van der Waals surface area (Å²) in [5.41, 5.74) is -0.927. The third-order valence-corrected chi connectivity index (χ3v) is 6.71. The van der Waals surface area contributed by atoms with Crippen LogP contribution in [0.15, 0.2) is 48.0 Å². The zero-order valence-corrected chi connectivity index (χ0v) is 20.5. The SMILES string of the molecule is COc1c(Oc2cnn3ccncc23)cnc2nc(Nc3cc(C(F)(F)F)cn([C@@H]4CC[C@H]4O)c3=O)n(C)c12. The summed E-state index contributed by atoms with van der Waals surface area (Å²) in [5.74, 6) is 0.931. The van der Waals surface area contributed by atoms with Crippen molar-refractivity contribution in [2.75, 3.05) is 12.4 Å². The molecule has 5 aromatic rings. The van der Waals surface area contributed by atoms with Crippen LogP contribution in [0.2, 0.25) is 0 Å². The molecule has 5 aromatic heterocycles. The summed E-state index contributed by atoms with van der Waals surface area (Å²) in [6, 6.07) is -0.0147. The van der Waals surface area contributed by atoms with E-state index in [0.29, 0.717) is 29.6 Å². The highest BCUT2D eigenvalue weighted by atomic mass is 19.4. The summed E-state index contributed by atoms with van der Waals surface area (Å²) in [7, 11) is 3.02. The van der Waals surface area contributed by atoms with Gasteiger partial charge in [-0.15, -0.1) is 0 Å². The van der Waals surface area contributed by atoms with Crippen molar-refractivity contribution >= 4 is 28.3 Å². The average Bonchev–Trinajstić information content (AvgIpc) is 3.45. The molecule has 0 aromatic carbocycles. The molecule has 39 heavy (non-hydrogen) atoms. The maximum atomic E-state index is 13.7. The largest absolute Gasteiger partial charge is 0.491 e. The molecule has 5 heterocycles. The van der Waals surface area contributed by atoms with Gasteiger partial charge in [0.2, 0.25) is 5.95 Å². The molecule has 1 saturated carbocycles. The summed E-state index contributed by atoms with van der Waals surface area (Å²) in [6.45, 7) is 0. The summed E-state index contributed by atoms with van der Waals surface area (Å²) in [4.78, 5) is 25.9. The van der Waals surface area contributed by atoms with E-state index in [1.165, 1.54) is 24.1 Å². The first-order valence-electron chi connectivity index (χ1n) is 11.8. The Hall–Kier alpha value is -4.66. The molecule has 6 rings (SSSR count). The highest BCUT2D eigenvalue weighted by Gasteiger charge is 2.36. The van der Waals surface area contributed by atoms with E-state index in [2.05, 4.69) is 25.4 Å². The molecule has 2 atom stereocenters. The molecule has 15 heteroatoms. The van der Waals surface area contributed by atoms with Gasteiger partial charge in [-0.1, -0.05) is 0 Å². The molecule has 0 bridgehead atoms. The van der Waals surface area contributed by atoms with Gasteiger partial charge in [-0.25, -0.2) is 9.50 Å². The van der Waals surface area contributed by atoms with Crippen LogP contribution in [0.4, 0.5) is 24.8 Å². The van der Waals surface area contributed by atoms with Gasteiger partial charge in [-0.2, -0.15) is 23.3 Å². The number of rotatable bonds is 6. The fourth-order valence-corrected chi connectivity index (χ4v) is 4.52. The van der Waals surface area contributed by atoms with E-state index in [4.69, 9.17) is 9.47 Å². The molecular weight excluding hydrogens is 521 g/mol. The highest BCUT2D eigenvalue weighted by molar-refractivity contribution is 5.85. The molecular formula is C24H21F3N8O4. The molecule has 0 saturated heterocycles. The number of aliphatic hydroxyl groups excluding tert-OH is 1. The number of aromatic nitrogens is 7. The Morgan fingerprint density at radius 3 is 2.69 bits per heavy atom. The second kappa shape index (κ2) is 8.97. The van der Waals surface area contributed by atoms with Crippen molar-refractivity contribution in [3.05, 3.63) is 59.2 Å². The number of alkyl halides is 3. The minimum absolute atomic E-state index is 0.0465. The monoisotopic (exact) mass is 542 g/mol. The number of ether oxygens (including phenoxy) is 2. The topological polar surface area (TPSA) is 134 Å². The predicted octanol–water partition coefficient (Wildman–Crippen LogP) is 3.43. The predicted molar refractivity (Wildman–Crippen MR) is 131 cm³/mol. The minimum atomic E-state index is -4.71. The lowest BCUT2D eigenvalue weighted by Gasteiger charge is -2.34. The van der Waals surface area contributed by atoms with Crippen molar-refractivity contribution in [3.8, 4) is 17.2 Å². The van der Waals surface area contributed by atoms with Crippen molar-refractivity contribution in [3.63, 3.8) is 0 Å². The molecule has 0 radical (unpaired) electrons. The average molecular weight is 542 g/mol. The third-order valence-electron chi connectivity index (χ3n) is 6.71. The number of fused-ring (bicyclic) bond motifs is 2. The number of pyridine rings is 2. The Morgan fingerprint density at radius 2 is 2.00 bits per heavy atom. The lowest BCUT2D eigenvalue weighted by atomic mass is 9.89. The van der Waals surface area contributed by atoms with Crippen molar-refractivity contribution in [1.82, 2.24) is 33.7 Å². The molecule has 1 fully saturated rings. The van der Waals surface area contributed by atoms with E-state index in [1.807, 2.05) is 0 Å². The second-order valence-electron chi connectivity index (χ2n) is 9.03. The van der Waals surface area contributed by atoms with Gasteiger partial charge < -0.3 is 29.0 Å². The summed E-state index contributed by atoms with van der Waals surface area (Å²) in [5, 5.41) is 16.9. The first-order chi connectivity index (χ1) is 18.7. The van der Waals surface area contributed by atoms with Gasteiger partial charge in [0.1, 0.15) is 16.7 Å². The fraction of sp³-hybridized carbons (Fsp3) is 0.292. The van der Waals surface area contributed by atoms with E-state index in [0.717, 1.165) is 16.8 Å². The molecule has 0 aliphatic heterocycles. The normalized spacial score (nSPS) is 17.4. The van der Waals surface area contributed by atoms with E-state index < -0.39 is 29.4 Å². The van der Waals surface area contributed by atoms with Crippen LogP contribution >= 0.6 is 0 Å². The van der Waals surface area contributed by atoms with Crippen molar-refractivity contribution < 1.29 is 27.8 Å². The van der Waals surface area contributed by atoms with Crippen LogP contribution in [0.25, 0.3) is 16.7 Å². The fourth-order valence-electron chi connectivity index (χ4n) is 4.52. The van der Waals surface area contributed by atoms with E-state index in [-0.39, 0.29) is 28.8 Å². The molecule has 0 unspecified atom stereocenters. The lowest BCUT2D eigenvalue weighted by molar-refractivity contribution is -0.138. The molecule has 1 aliphatic rings. The number of halogens is 3. The number of hydrogen-bond donors (Lipinski definition) is 2. The van der Waals surface area contributed by atoms with E-state index in [1.54, 1.807) is 30.2 Å². The maximum Gasteiger partial charge on any atom is 0.417 e. The number of aliphatic hydroxyl groups is 1. The summed E-state index contributed by atoms with van der Waals surface area (Å²) >= 11 is 0.